The number of aliphatic hydroxyl groups excluding tert-OH is 2. The molecule has 0 bridgehead atoms. The molecule has 3 atom stereocenters. The molecule has 140 valence electrons. The van der Waals surface area contributed by atoms with Crippen molar-refractivity contribution in [2.75, 3.05) is 0 Å². The lowest BCUT2D eigenvalue weighted by Crippen LogP contribution is -2.24. The summed E-state index contributed by atoms with van der Waals surface area (Å²) in [6, 6.07) is 7.28. The molecule has 0 saturated carbocycles. The lowest BCUT2D eigenvalue weighted by Gasteiger charge is -2.23. The molecule has 3 N–H and O–H groups in total. The Morgan fingerprint density at radius 3 is 2.42 bits per heavy atom. The molecule has 4 heteroatoms. The molecular weight excluding hydrogens is 328 g/mol. The van der Waals surface area contributed by atoms with Gasteiger partial charge < -0.3 is 19.7 Å². The van der Waals surface area contributed by atoms with Crippen molar-refractivity contribution in [1.29, 1.82) is 0 Å². The van der Waals surface area contributed by atoms with Gasteiger partial charge in [-0.2, -0.15) is 0 Å². The number of furan rings is 1. The Hall–Kier alpha value is -2.30. The van der Waals surface area contributed by atoms with Gasteiger partial charge in [0.2, 0.25) is 0 Å². The first-order valence-corrected chi connectivity index (χ1v) is 8.83. The highest BCUT2D eigenvalue weighted by Gasteiger charge is 2.27. The number of aryl methyl sites for hydroxylation is 2. The molecule has 2 aromatic rings. The molecule has 0 spiro atoms. The minimum atomic E-state index is -0.913. The van der Waals surface area contributed by atoms with Crippen molar-refractivity contribution in [3.05, 3.63) is 71.2 Å². The third-order valence-corrected chi connectivity index (χ3v) is 4.68. The Labute approximate surface area is 155 Å². The van der Waals surface area contributed by atoms with E-state index in [2.05, 4.69) is 12.7 Å². The SMILES string of the molecule is C=C[C@H]([C@H](O)CC/C(C)=C/c1cc(C)c(O)c(C)c1)[C@H](O)c1ccco1. The van der Waals surface area contributed by atoms with E-state index in [0.29, 0.717) is 24.4 Å². The van der Waals surface area contributed by atoms with E-state index in [0.717, 1.165) is 22.3 Å². The number of hydrogen-bond acceptors (Lipinski definition) is 4. The summed E-state index contributed by atoms with van der Waals surface area (Å²) in [5.41, 5.74) is 3.83. The average Bonchev–Trinajstić information content (AvgIpc) is 3.13. The Balaban J connectivity index is 2.01. The summed E-state index contributed by atoms with van der Waals surface area (Å²) >= 11 is 0. The highest BCUT2D eigenvalue weighted by atomic mass is 16.4. The number of aromatic hydroxyl groups is 1. The van der Waals surface area contributed by atoms with Crippen LogP contribution in [0.1, 0.15) is 48.3 Å². The normalized spacial score (nSPS) is 15.5. The number of allylic oxidation sites excluding steroid dienone is 1. The molecule has 0 aliphatic rings. The Morgan fingerprint density at radius 1 is 1.23 bits per heavy atom. The fraction of sp³-hybridized carbons (Fsp3) is 0.364. The molecule has 2 rings (SSSR count). The van der Waals surface area contributed by atoms with Crippen LogP contribution in [0, 0.1) is 19.8 Å². The Kier molecular flexibility index (Phi) is 6.83. The number of rotatable bonds is 8. The quantitative estimate of drug-likeness (QED) is 0.600. The summed E-state index contributed by atoms with van der Waals surface area (Å²) in [6.07, 6.45) is 4.69. The first-order valence-electron chi connectivity index (χ1n) is 8.83. The maximum atomic E-state index is 10.5. The van der Waals surface area contributed by atoms with Crippen LogP contribution >= 0.6 is 0 Å². The van der Waals surface area contributed by atoms with Crippen LogP contribution in [-0.2, 0) is 0 Å². The van der Waals surface area contributed by atoms with Gasteiger partial charge in [-0.05, 0) is 74.6 Å². The van der Waals surface area contributed by atoms with Gasteiger partial charge >= 0.3 is 0 Å². The minimum Gasteiger partial charge on any atom is -0.507 e. The molecule has 0 unspecified atom stereocenters. The van der Waals surface area contributed by atoms with Crippen molar-refractivity contribution in [1.82, 2.24) is 0 Å². The van der Waals surface area contributed by atoms with E-state index in [9.17, 15) is 15.3 Å². The smallest absolute Gasteiger partial charge is 0.132 e. The molecule has 0 aliphatic heterocycles. The molecule has 4 nitrogen and oxygen atoms in total. The van der Waals surface area contributed by atoms with Gasteiger partial charge in [0.25, 0.3) is 0 Å². The van der Waals surface area contributed by atoms with Crippen molar-refractivity contribution in [2.24, 2.45) is 5.92 Å². The summed E-state index contributed by atoms with van der Waals surface area (Å²) in [7, 11) is 0. The highest BCUT2D eigenvalue weighted by molar-refractivity contribution is 5.57. The van der Waals surface area contributed by atoms with E-state index >= 15 is 0 Å². The molecule has 0 fully saturated rings. The number of aliphatic hydroxyl groups is 2. The van der Waals surface area contributed by atoms with Crippen molar-refractivity contribution in [3.8, 4) is 5.75 Å². The number of hydrogen-bond donors (Lipinski definition) is 3. The van der Waals surface area contributed by atoms with Crippen LogP contribution in [0.3, 0.4) is 0 Å². The van der Waals surface area contributed by atoms with E-state index < -0.39 is 18.1 Å². The first-order chi connectivity index (χ1) is 12.3. The van der Waals surface area contributed by atoms with Gasteiger partial charge in [-0.3, -0.25) is 0 Å². The third kappa shape index (κ3) is 4.87. The molecule has 0 aliphatic carbocycles. The maximum Gasteiger partial charge on any atom is 0.132 e. The number of phenols is 1. The zero-order valence-electron chi connectivity index (χ0n) is 15.6. The predicted octanol–water partition coefficient (Wildman–Crippen LogP) is 4.68. The van der Waals surface area contributed by atoms with Crippen molar-refractivity contribution >= 4 is 6.08 Å². The van der Waals surface area contributed by atoms with Crippen LogP contribution < -0.4 is 0 Å². The molecule has 0 amide bonds. The van der Waals surface area contributed by atoms with Crippen LogP contribution in [0.5, 0.6) is 5.75 Å². The highest BCUT2D eigenvalue weighted by Crippen LogP contribution is 2.29. The van der Waals surface area contributed by atoms with Crippen molar-refractivity contribution in [3.63, 3.8) is 0 Å². The van der Waals surface area contributed by atoms with Gasteiger partial charge in [-0.1, -0.05) is 17.7 Å². The Morgan fingerprint density at radius 2 is 1.88 bits per heavy atom. The van der Waals surface area contributed by atoms with Crippen molar-refractivity contribution in [2.45, 2.75) is 45.8 Å². The Bertz CT molecular complexity index is 735. The molecule has 26 heavy (non-hydrogen) atoms. The van der Waals surface area contributed by atoms with Gasteiger partial charge in [0.1, 0.15) is 17.6 Å². The lowest BCUT2D eigenvalue weighted by atomic mass is 9.90. The van der Waals surface area contributed by atoms with Crippen LogP contribution in [0.25, 0.3) is 6.08 Å². The van der Waals surface area contributed by atoms with E-state index in [-0.39, 0.29) is 0 Å². The topological polar surface area (TPSA) is 73.8 Å². The zero-order chi connectivity index (χ0) is 19.3. The van der Waals surface area contributed by atoms with Gasteiger partial charge in [-0.15, -0.1) is 6.58 Å². The van der Waals surface area contributed by atoms with E-state index in [4.69, 9.17) is 4.42 Å². The summed E-state index contributed by atoms with van der Waals surface area (Å²) in [4.78, 5) is 0. The second kappa shape index (κ2) is 8.88. The summed E-state index contributed by atoms with van der Waals surface area (Å²) in [6.45, 7) is 9.50. The predicted molar refractivity (Wildman–Crippen MR) is 104 cm³/mol. The fourth-order valence-corrected chi connectivity index (χ4v) is 3.14. The van der Waals surface area contributed by atoms with Gasteiger partial charge in [0.15, 0.2) is 0 Å². The van der Waals surface area contributed by atoms with Crippen LogP contribution in [-0.4, -0.2) is 21.4 Å². The van der Waals surface area contributed by atoms with E-state index in [1.165, 1.54) is 6.26 Å². The second-order valence-corrected chi connectivity index (χ2v) is 6.87. The first kappa shape index (κ1) is 20.0. The van der Waals surface area contributed by atoms with Crippen LogP contribution in [0.2, 0.25) is 0 Å². The molecule has 0 saturated heterocycles. The molecule has 1 heterocycles. The van der Waals surface area contributed by atoms with Gasteiger partial charge in [0.05, 0.1) is 12.4 Å². The summed E-state index contributed by atoms with van der Waals surface area (Å²) in [5, 5.41) is 30.7. The second-order valence-electron chi connectivity index (χ2n) is 6.87. The summed E-state index contributed by atoms with van der Waals surface area (Å²) < 4.78 is 5.22. The maximum absolute atomic E-state index is 10.5. The average molecular weight is 356 g/mol. The number of phenolic OH excluding ortho intramolecular Hbond substituents is 1. The summed E-state index contributed by atoms with van der Waals surface area (Å²) in [5.74, 6) is 0.263. The number of benzene rings is 1. The fourth-order valence-electron chi connectivity index (χ4n) is 3.14. The zero-order valence-corrected chi connectivity index (χ0v) is 15.6. The van der Waals surface area contributed by atoms with E-state index in [1.807, 2.05) is 32.9 Å². The van der Waals surface area contributed by atoms with Crippen molar-refractivity contribution < 1.29 is 19.7 Å². The van der Waals surface area contributed by atoms with E-state index in [1.54, 1.807) is 18.2 Å². The monoisotopic (exact) mass is 356 g/mol. The van der Waals surface area contributed by atoms with Crippen LogP contribution in [0.4, 0.5) is 0 Å². The van der Waals surface area contributed by atoms with Crippen LogP contribution in [0.15, 0.2) is 53.2 Å². The minimum absolute atomic E-state index is 0.330. The molecule has 1 aromatic carbocycles. The third-order valence-electron chi connectivity index (χ3n) is 4.68. The molecule has 1 aromatic heterocycles. The van der Waals surface area contributed by atoms with Gasteiger partial charge in [0, 0.05) is 5.92 Å². The molecular formula is C22H28O4. The van der Waals surface area contributed by atoms with Gasteiger partial charge in [-0.25, -0.2) is 0 Å². The molecule has 0 radical (unpaired) electrons. The largest absolute Gasteiger partial charge is 0.507 e. The standard InChI is InChI=1S/C22H28O4/c1-5-18(22(25)20-7-6-10-26-20)19(23)9-8-14(2)11-17-12-15(3)21(24)16(4)13-17/h5-7,10-13,18-19,22-25H,1,8-9H2,2-4H3/b14-11+/t18-,19-,22+/m1/s1. The lowest BCUT2D eigenvalue weighted by molar-refractivity contribution is 0.0208.